The summed E-state index contributed by atoms with van der Waals surface area (Å²) in [4.78, 5) is 12.7. The highest BCUT2D eigenvalue weighted by molar-refractivity contribution is 7.91. The van der Waals surface area contributed by atoms with E-state index < -0.39 is 10.0 Å². The predicted octanol–water partition coefficient (Wildman–Crippen LogP) is 3.00. The second-order valence-electron chi connectivity index (χ2n) is 6.25. The molecular formula is C17H21N3O3S2. The summed E-state index contributed by atoms with van der Waals surface area (Å²) in [5, 5.41) is 2.71. The minimum absolute atomic E-state index is 0.202. The summed E-state index contributed by atoms with van der Waals surface area (Å²) in [5.74, 6) is 0.184. The summed E-state index contributed by atoms with van der Waals surface area (Å²) < 4.78 is 27.2. The minimum atomic E-state index is -3.53. The number of carbonyl (C=O) groups excluding carboxylic acids is 1. The van der Waals surface area contributed by atoms with Gasteiger partial charge in [0.05, 0.1) is 16.3 Å². The Morgan fingerprint density at radius 1 is 1.20 bits per heavy atom. The smallest absolute Gasteiger partial charge is 0.265 e. The van der Waals surface area contributed by atoms with E-state index in [-0.39, 0.29) is 10.1 Å². The summed E-state index contributed by atoms with van der Waals surface area (Å²) in [6.45, 7) is 3.19. The molecule has 0 bridgehead atoms. The van der Waals surface area contributed by atoms with Crippen molar-refractivity contribution in [2.24, 2.45) is 5.92 Å². The van der Waals surface area contributed by atoms with Crippen LogP contribution in [0.2, 0.25) is 0 Å². The largest absolute Gasteiger partial charge is 0.397 e. The SMILES string of the molecule is CC1CCN(S(=O)(=O)c2ccc(C(=O)Nc3ccccc3N)s2)CC1. The number of piperidine rings is 1. The lowest BCUT2D eigenvalue weighted by atomic mass is 10.0. The minimum Gasteiger partial charge on any atom is -0.397 e. The van der Waals surface area contributed by atoms with Gasteiger partial charge in [-0.05, 0) is 43.0 Å². The first-order valence-corrected chi connectivity index (χ1v) is 10.4. The number of benzene rings is 1. The number of carbonyl (C=O) groups is 1. The molecule has 2 heterocycles. The zero-order chi connectivity index (χ0) is 18.0. The van der Waals surface area contributed by atoms with Gasteiger partial charge in [-0.25, -0.2) is 8.42 Å². The average Bonchev–Trinajstić information content (AvgIpc) is 3.08. The molecule has 1 aromatic carbocycles. The lowest BCUT2D eigenvalue weighted by molar-refractivity contribution is 0.103. The van der Waals surface area contributed by atoms with E-state index >= 15 is 0 Å². The second kappa shape index (κ2) is 7.15. The van der Waals surface area contributed by atoms with Crippen LogP contribution in [0.5, 0.6) is 0 Å². The molecule has 1 fully saturated rings. The van der Waals surface area contributed by atoms with Crippen LogP contribution in [0.3, 0.4) is 0 Å². The van der Waals surface area contributed by atoms with Crippen molar-refractivity contribution in [3.8, 4) is 0 Å². The number of sulfonamides is 1. The van der Waals surface area contributed by atoms with Crippen LogP contribution in [-0.4, -0.2) is 31.7 Å². The Hall–Kier alpha value is -1.90. The molecule has 1 saturated heterocycles. The molecule has 0 radical (unpaired) electrons. The number of para-hydroxylation sites is 2. The van der Waals surface area contributed by atoms with Crippen LogP contribution < -0.4 is 11.1 Å². The van der Waals surface area contributed by atoms with E-state index in [4.69, 9.17) is 5.73 Å². The fraction of sp³-hybridized carbons (Fsp3) is 0.353. The maximum atomic E-state index is 12.7. The van der Waals surface area contributed by atoms with Gasteiger partial charge in [0.25, 0.3) is 15.9 Å². The van der Waals surface area contributed by atoms with Crippen molar-refractivity contribution in [3.63, 3.8) is 0 Å². The van der Waals surface area contributed by atoms with Gasteiger partial charge in [0.15, 0.2) is 0 Å². The van der Waals surface area contributed by atoms with Gasteiger partial charge in [0.2, 0.25) is 0 Å². The van der Waals surface area contributed by atoms with Crippen LogP contribution in [0.25, 0.3) is 0 Å². The number of nitrogen functional groups attached to an aromatic ring is 1. The number of anilines is 2. The summed E-state index contributed by atoms with van der Waals surface area (Å²) in [5.41, 5.74) is 6.79. The molecule has 0 spiro atoms. The van der Waals surface area contributed by atoms with Crippen molar-refractivity contribution in [2.75, 3.05) is 24.1 Å². The molecule has 1 aromatic heterocycles. The van der Waals surface area contributed by atoms with Crippen molar-refractivity contribution in [1.82, 2.24) is 4.31 Å². The van der Waals surface area contributed by atoms with Crippen LogP contribution in [0.4, 0.5) is 11.4 Å². The number of nitrogens with two attached hydrogens (primary N) is 1. The zero-order valence-corrected chi connectivity index (χ0v) is 15.6. The Morgan fingerprint density at radius 3 is 2.56 bits per heavy atom. The first kappa shape index (κ1) is 17.9. The molecule has 25 heavy (non-hydrogen) atoms. The van der Waals surface area contributed by atoms with Crippen LogP contribution in [0, 0.1) is 5.92 Å². The molecule has 134 valence electrons. The van der Waals surface area contributed by atoms with E-state index in [1.165, 1.54) is 10.4 Å². The van der Waals surface area contributed by atoms with E-state index in [2.05, 4.69) is 12.2 Å². The number of nitrogens with zero attached hydrogens (tertiary/aromatic N) is 1. The predicted molar refractivity (Wildman–Crippen MR) is 100 cm³/mol. The Kier molecular flexibility index (Phi) is 5.12. The molecule has 0 aliphatic carbocycles. The van der Waals surface area contributed by atoms with Crippen molar-refractivity contribution >= 4 is 38.6 Å². The monoisotopic (exact) mass is 379 g/mol. The zero-order valence-electron chi connectivity index (χ0n) is 13.9. The molecule has 8 heteroatoms. The van der Waals surface area contributed by atoms with E-state index in [1.54, 1.807) is 30.3 Å². The lowest BCUT2D eigenvalue weighted by Crippen LogP contribution is -2.37. The van der Waals surface area contributed by atoms with Crippen LogP contribution in [-0.2, 0) is 10.0 Å². The Bertz CT molecular complexity index is 869. The van der Waals surface area contributed by atoms with Crippen molar-refractivity contribution in [1.29, 1.82) is 0 Å². The quantitative estimate of drug-likeness (QED) is 0.799. The molecule has 2 aromatic rings. The standard InChI is InChI=1S/C17H21N3O3S2/c1-12-8-10-20(11-9-12)25(22,23)16-7-6-15(24-16)17(21)19-14-5-3-2-4-13(14)18/h2-7,12H,8-11,18H2,1H3,(H,19,21). The van der Waals surface area contributed by atoms with Gasteiger partial charge in [0.1, 0.15) is 4.21 Å². The third-order valence-electron chi connectivity index (χ3n) is 4.35. The van der Waals surface area contributed by atoms with Crippen LogP contribution >= 0.6 is 11.3 Å². The van der Waals surface area contributed by atoms with Crippen LogP contribution in [0.1, 0.15) is 29.4 Å². The van der Waals surface area contributed by atoms with E-state index in [1.807, 2.05) is 0 Å². The maximum Gasteiger partial charge on any atom is 0.265 e. The number of nitrogens with one attached hydrogen (secondary N) is 1. The number of amides is 1. The van der Waals surface area contributed by atoms with Gasteiger partial charge in [-0.15, -0.1) is 11.3 Å². The van der Waals surface area contributed by atoms with Gasteiger partial charge < -0.3 is 11.1 Å². The Labute approximate surface area is 151 Å². The van der Waals surface area contributed by atoms with E-state index in [9.17, 15) is 13.2 Å². The topological polar surface area (TPSA) is 92.5 Å². The molecule has 0 unspecified atom stereocenters. The molecule has 3 N–H and O–H groups in total. The van der Waals surface area contributed by atoms with Gasteiger partial charge in [-0.1, -0.05) is 19.1 Å². The van der Waals surface area contributed by atoms with Crippen molar-refractivity contribution < 1.29 is 13.2 Å². The molecule has 1 aliphatic heterocycles. The molecule has 0 saturated carbocycles. The Balaban J connectivity index is 1.75. The maximum absolute atomic E-state index is 12.7. The summed E-state index contributed by atoms with van der Waals surface area (Å²) in [6, 6.07) is 9.98. The van der Waals surface area contributed by atoms with Gasteiger partial charge >= 0.3 is 0 Å². The van der Waals surface area contributed by atoms with Crippen LogP contribution in [0.15, 0.2) is 40.6 Å². The third kappa shape index (κ3) is 3.86. The van der Waals surface area contributed by atoms with E-state index in [0.717, 1.165) is 24.2 Å². The Morgan fingerprint density at radius 2 is 1.88 bits per heavy atom. The molecule has 6 nitrogen and oxygen atoms in total. The van der Waals surface area contributed by atoms with Gasteiger partial charge in [-0.2, -0.15) is 4.31 Å². The highest BCUT2D eigenvalue weighted by atomic mass is 32.2. The first-order valence-electron chi connectivity index (χ1n) is 8.14. The summed E-state index contributed by atoms with van der Waals surface area (Å²) in [6.07, 6.45) is 1.73. The van der Waals surface area contributed by atoms with E-state index in [0.29, 0.717) is 35.3 Å². The average molecular weight is 380 g/mol. The number of hydrogen-bond acceptors (Lipinski definition) is 5. The summed E-state index contributed by atoms with van der Waals surface area (Å²) in [7, 11) is -3.53. The summed E-state index contributed by atoms with van der Waals surface area (Å²) >= 11 is 0.985. The number of hydrogen-bond donors (Lipinski definition) is 2. The van der Waals surface area contributed by atoms with Crippen molar-refractivity contribution in [2.45, 2.75) is 24.0 Å². The van der Waals surface area contributed by atoms with Gasteiger partial charge in [0, 0.05) is 13.1 Å². The molecule has 3 rings (SSSR count). The lowest BCUT2D eigenvalue weighted by Gasteiger charge is -2.28. The normalized spacial score (nSPS) is 16.7. The molecule has 1 aliphatic rings. The fourth-order valence-corrected chi connectivity index (χ4v) is 5.55. The highest BCUT2D eigenvalue weighted by Gasteiger charge is 2.29. The second-order valence-corrected chi connectivity index (χ2v) is 9.50. The number of thiophene rings is 1. The fourth-order valence-electron chi connectivity index (χ4n) is 2.73. The molecular weight excluding hydrogens is 358 g/mol. The first-order chi connectivity index (χ1) is 11.9. The van der Waals surface area contributed by atoms with Gasteiger partial charge in [-0.3, -0.25) is 4.79 Å². The molecule has 0 atom stereocenters. The molecule has 1 amide bonds. The third-order valence-corrected chi connectivity index (χ3v) is 7.80. The number of rotatable bonds is 4. The highest BCUT2D eigenvalue weighted by Crippen LogP contribution is 2.29. The van der Waals surface area contributed by atoms with Crippen molar-refractivity contribution in [3.05, 3.63) is 41.3 Å².